The topological polar surface area (TPSA) is 107 Å². The normalized spacial score (nSPS) is 11.0. The van der Waals surface area contributed by atoms with Gasteiger partial charge in [0, 0.05) is 10.6 Å². The lowest BCUT2D eigenvalue weighted by atomic mass is 10.1. The molecule has 0 unspecified atom stereocenters. The molecule has 0 radical (unpaired) electrons. The Bertz CT molecular complexity index is 1260. The lowest BCUT2D eigenvalue weighted by Crippen LogP contribution is -2.15. The summed E-state index contributed by atoms with van der Waals surface area (Å²) < 4.78 is 1.34. The minimum Gasteiger partial charge on any atom is -0.364 e. The minimum absolute atomic E-state index is 0.0469. The van der Waals surface area contributed by atoms with Crippen molar-refractivity contribution >= 4 is 28.7 Å². The number of hydrogen-bond acceptors (Lipinski definition) is 4. The van der Waals surface area contributed by atoms with Crippen LogP contribution >= 0.6 is 11.6 Å². The van der Waals surface area contributed by atoms with E-state index in [-0.39, 0.29) is 16.9 Å². The molecule has 27 heavy (non-hydrogen) atoms. The van der Waals surface area contributed by atoms with Crippen molar-refractivity contribution in [1.29, 1.82) is 0 Å². The second kappa shape index (κ2) is 6.37. The summed E-state index contributed by atoms with van der Waals surface area (Å²) >= 11 is 6.06. The molecule has 0 bridgehead atoms. The number of nitrogens with two attached hydrogens (primary N) is 1. The van der Waals surface area contributed by atoms with Crippen LogP contribution in [0.15, 0.2) is 53.3 Å². The molecule has 0 saturated heterocycles. The summed E-state index contributed by atoms with van der Waals surface area (Å²) in [6.07, 6.45) is 0. The zero-order chi connectivity index (χ0) is 19.1. The van der Waals surface area contributed by atoms with E-state index in [1.807, 2.05) is 31.2 Å². The Kier molecular flexibility index (Phi) is 4.01. The molecule has 0 aliphatic rings. The zero-order valence-corrected chi connectivity index (χ0v) is 15.0. The predicted molar refractivity (Wildman–Crippen MR) is 103 cm³/mol. The van der Waals surface area contributed by atoms with Crippen LogP contribution in [-0.2, 0) is 0 Å². The molecule has 4 aromatic rings. The maximum atomic E-state index is 12.6. The van der Waals surface area contributed by atoms with Crippen LogP contribution in [0, 0.1) is 6.92 Å². The highest BCUT2D eigenvalue weighted by Gasteiger charge is 2.20. The Morgan fingerprint density at radius 1 is 1.15 bits per heavy atom. The summed E-state index contributed by atoms with van der Waals surface area (Å²) in [5, 5.41) is 0.469. The third-order valence-corrected chi connectivity index (χ3v) is 4.35. The molecule has 0 atom stereocenters. The second-order valence-corrected chi connectivity index (χ2v) is 6.51. The summed E-state index contributed by atoms with van der Waals surface area (Å²) in [5.74, 6) is -0.453. The number of hydrogen-bond donors (Lipinski definition) is 2. The van der Waals surface area contributed by atoms with Gasteiger partial charge in [-0.1, -0.05) is 41.4 Å². The fraction of sp³-hybridized carbons (Fsp3) is 0.0526. The molecule has 2 heterocycles. The van der Waals surface area contributed by atoms with Crippen molar-refractivity contribution in [3.8, 4) is 17.1 Å². The average molecular weight is 380 g/mol. The van der Waals surface area contributed by atoms with Gasteiger partial charge >= 0.3 is 5.69 Å². The van der Waals surface area contributed by atoms with Crippen LogP contribution in [-0.4, -0.2) is 25.4 Å². The number of carbonyl (C=O) groups excluding carboxylic acids is 1. The third-order valence-electron chi connectivity index (χ3n) is 4.11. The highest BCUT2D eigenvalue weighted by molar-refractivity contribution is 6.30. The van der Waals surface area contributed by atoms with E-state index in [2.05, 4.69) is 15.0 Å². The lowest BCUT2D eigenvalue weighted by Gasteiger charge is -2.07. The van der Waals surface area contributed by atoms with Crippen LogP contribution in [0.2, 0.25) is 5.02 Å². The fourth-order valence-electron chi connectivity index (χ4n) is 2.93. The number of halogens is 1. The summed E-state index contributed by atoms with van der Waals surface area (Å²) in [4.78, 5) is 36.0. The van der Waals surface area contributed by atoms with Gasteiger partial charge in [-0.3, -0.25) is 4.79 Å². The maximum absolute atomic E-state index is 12.6. The summed E-state index contributed by atoms with van der Waals surface area (Å²) in [6.45, 7) is 1.94. The number of aromatic nitrogens is 4. The lowest BCUT2D eigenvalue weighted by molar-refractivity contribution is 0.0997. The number of aryl methyl sites for hydroxylation is 1. The zero-order valence-electron chi connectivity index (χ0n) is 14.2. The van der Waals surface area contributed by atoms with Gasteiger partial charge < -0.3 is 10.7 Å². The van der Waals surface area contributed by atoms with Gasteiger partial charge in [0.15, 0.2) is 17.2 Å². The van der Waals surface area contributed by atoms with E-state index in [1.54, 1.807) is 24.3 Å². The SMILES string of the molecule is Cc1cccc(-c2nc(C(N)=O)c3[nH]c(=O)n(-c4cccc(Cl)c4)c3n2)c1. The van der Waals surface area contributed by atoms with Gasteiger partial charge in [0.1, 0.15) is 5.52 Å². The van der Waals surface area contributed by atoms with Crippen LogP contribution in [0.1, 0.15) is 16.1 Å². The fourth-order valence-corrected chi connectivity index (χ4v) is 3.12. The number of fused-ring (bicyclic) bond motifs is 1. The first-order valence-electron chi connectivity index (χ1n) is 8.09. The van der Waals surface area contributed by atoms with Crippen molar-refractivity contribution in [2.24, 2.45) is 5.73 Å². The number of benzene rings is 2. The van der Waals surface area contributed by atoms with E-state index >= 15 is 0 Å². The molecule has 3 N–H and O–H groups in total. The van der Waals surface area contributed by atoms with Gasteiger partial charge in [-0.25, -0.2) is 19.3 Å². The number of aromatic amines is 1. The Morgan fingerprint density at radius 2 is 1.93 bits per heavy atom. The van der Waals surface area contributed by atoms with Gasteiger partial charge in [0.25, 0.3) is 5.91 Å². The van der Waals surface area contributed by atoms with Crippen LogP contribution in [0.3, 0.4) is 0 Å². The third kappa shape index (κ3) is 2.98. The molecule has 2 aromatic heterocycles. The minimum atomic E-state index is -0.754. The molecular formula is C19H14ClN5O2. The number of H-pyrrole nitrogens is 1. The molecule has 4 rings (SSSR count). The van der Waals surface area contributed by atoms with Crippen molar-refractivity contribution in [3.05, 3.63) is 75.3 Å². The predicted octanol–water partition coefficient (Wildman–Crippen LogP) is 2.84. The molecule has 0 aliphatic heterocycles. The summed E-state index contributed by atoms with van der Waals surface area (Å²) in [7, 11) is 0. The number of amides is 1. The van der Waals surface area contributed by atoms with Crippen LogP contribution in [0.5, 0.6) is 0 Å². The van der Waals surface area contributed by atoms with E-state index in [9.17, 15) is 9.59 Å². The molecule has 2 aromatic carbocycles. The van der Waals surface area contributed by atoms with E-state index < -0.39 is 11.6 Å². The quantitative estimate of drug-likeness (QED) is 0.570. The molecular weight excluding hydrogens is 366 g/mol. The van der Waals surface area contributed by atoms with Crippen molar-refractivity contribution in [2.45, 2.75) is 6.92 Å². The first-order valence-corrected chi connectivity index (χ1v) is 8.47. The van der Waals surface area contributed by atoms with Gasteiger partial charge in [0.05, 0.1) is 5.69 Å². The molecule has 0 aliphatic carbocycles. The number of nitrogens with zero attached hydrogens (tertiary/aromatic N) is 3. The van der Waals surface area contributed by atoms with Crippen LogP contribution in [0.25, 0.3) is 28.2 Å². The molecule has 0 fully saturated rings. The van der Waals surface area contributed by atoms with E-state index in [0.29, 0.717) is 22.1 Å². The highest BCUT2D eigenvalue weighted by atomic mass is 35.5. The molecule has 0 spiro atoms. The number of imidazole rings is 1. The van der Waals surface area contributed by atoms with E-state index in [4.69, 9.17) is 17.3 Å². The van der Waals surface area contributed by atoms with Crippen molar-refractivity contribution in [1.82, 2.24) is 19.5 Å². The van der Waals surface area contributed by atoms with Gasteiger partial charge in [-0.15, -0.1) is 0 Å². The first kappa shape index (κ1) is 17.0. The maximum Gasteiger partial charge on any atom is 0.332 e. The second-order valence-electron chi connectivity index (χ2n) is 6.07. The number of nitrogens with one attached hydrogen (secondary N) is 1. The van der Waals surface area contributed by atoms with Crippen molar-refractivity contribution in [2.75, 3.05) is 0 Å². The van der Waals surface area contributed by atoms with Crippen LogP contribution in [0.4, 0.5) is 0 Å². The molecule has 8 heteroatoms. The largest absolute Gasteiger partial charge is 0.364 e. The van der Waals surface area contributed by atoms with E-state index in [0.717, 1.165) is 5.56 Å². The molecule has 7 nitrogen and oxygen atoms in total. The Morgan fingerprint density at radius 3 is 2.63 bits per heavy atom. The molecule has 0 saturated carbocycles. The summed E-state index contributed by atoms with van der Waals surface area (Å²) in [5.41, 5.74) is 7.66. The smallest absolute Gasteiger partial charge is 0.332 e. The van der Waals surface area contributed by atoms with Gasteiger partial charge in [0.2, 0.25) is 0 Å². The summed E-state index contributed by atoms with van der Waals surface area (Å²) in [6, 6.07) is 14.3. The number of carbonyl (C=O) groups is 1. The monoisotopic (exact) mass is 379 g/mol. The Balaban J connectivity index is 2.08. The van der Waals surface area contributed by atoms with Gasteiger partial charge in [-0.05, 0) is 31.2 Å². The number of rotatable bonds is 3. The molecule has 134 valence electrons. The Hall–Kier alpha value is -3.45. The van der Waals surface area contributed by atoms with Crippen molar-refractivity contribution in [3.63, 3.8) is 0 Å². The average Bonchev–Trinajstić information content (AvgIpc) is 2.96. The first-order chi connectivity index (χ1) is 12.9. The standard InChI is InChI=1S/C19H14ClN5O2/c1-10-4-2-5-11(8-10)17-22-14(16(21)26)15-18(24-17)25(19(27)23-15)13-7-3-6-12(20)9-13/h2-9H,1H3,(H2,21,26)(H,23,27). The van der Waals surface area contributed by atoms with Crippen molar-refractivity contribution < 1.29 is 4.79 Å². The molecule has 1 amide bonds. The van der Waals surface area contributed by atoms with E-state index in [1.165, 1.54) is 4.57 Å². The van der Waals surface area contributed by atoms with Crippen LogP contribution < -0.4 is 11.4 Å². The van der Waals surface area contributed by atoms with Gasteiger partial charge in [-0.2, -0.15) is 0 Å². The highest BCUT2D eigenvalue weighted by Crippen LogP contribution is 2.23. The Labute approximate surface area is 158 Å². The number of primary amides is 1.